The van der Waals surface area contributed by atoms with E-state index in [1.54, 1.807) is 6.07 Å². The van der Waals surface area contributed by atoms with Crippen molar-refractivity contribution in [2.75, 3.05) is 10.6 Å². The smallest absolute Gasteiger partial charge is 0.354 e. The van der Waals surface area contributed by atoms with Crippen molar-refractivity contribution in [1.82, 2.24) is 4.98 Å². The Morgan fingerprint density at radius 1 is 0.963 bits per heavy atom. The topological polar surface area (TPSA) is 54.0 Å². The number of anilines is 3. The van der Waals surface area contributed by atoms with Gasteiger partial charge in [-0.3, -0.25) is 9.78 Å². The molecule has 0 aliphatic carbocycles. The summed E-state index contributed by atoms with van der Waals surface area (Å²) in [6.45, 7) is 1.87. The van der Waals surface area contributed by atoms with Crippen LogP contribution in [0.2, 0.25) is 0 Å². The number of hydrogen-bond acceptors (Lipinski definition) is 3. The van der Waals surface area contributed by atoms with E-state index in [2.05, 4.69) is 15.6 Å². The predicted octanol–water partition coefficient (Wildman–Crippen LogP) is 5.40. The molecule has 0 saturated carbocycles. The van der Waals surface area contributed by atoms with Crippen LogP contribution in [0.3, 0.4) is 0 Å². The average Bonchev–Trinajstić information content (AvgIpc) is 2.63. The van der Waals surface area contributed by atoms with Crippen molar-refractivity contribution < 1.29 is 18.0 Å². The Bertz CT molecular complexity index is 970. The molecule has 3 rings (SSSR count). The summed E-state index contributed by atoms with van der Waals surface area (Å²) in [7, 11) is 0. The largest absolute Gasteiger partial charge is 0.416 e. The molecule has 0 unspecified atom stereocenters. The molecule has 1 aromatic heterocycles. The highest BCUT2D eigenvalue weighted by Crippen LogP contribution is 2.31. The van der Waals surface area contributed by atoms with Crippen molar-refractivity contribution in [3.8, 4) is 0 Å². The molecule has 27 heavy (non-hydrogen) atoms. The summed E-state index contributed by atoms with van der Waals surface area (Å²) in [5.41, 5.74) is 1.79. The second-order valence-electron chi connectivity index (χ2n) is 5.93. The van der Waals surface area contributed by atoms with Gasteiger partial charge in [0, 0.05) is 17.6 Å². The number of nitrogens with one attached hydrogen (secondary N) is 2. The number of carbonyl (C=O) groups excluding carboxylic acids is 1. The summed E-state index contributed by atoms with van der Waals surface area (Å²) >= 11 is 0. The van der Waals surface area contributed by atoms with Gasteiger partial charge in [-0.1, -0.05) is 24.3 Å². The second kappa shape index (κ2) is 7.49. The Morgan fingerprint density at radius 2 is 1.74 bits per heavy atom. The Kier molecular flexibility index (Phi) is 5.12. The lowest BCUT2D eigenvalue weighted by Crippen LogP contribution is -2.13. The highest BCUT2D eigenvalue weighted by Gasteiger charge is 2.30. The number of aromatic nitrogens is 1. The Hall–Kier alpha value is -3.35. The predicted molar refractivity (Wildman–Crippen MR) is 98.1 cm³/mol. The molecular formula is C20H16F3N3O. The quantitative estimate of drug-likeness (QED) is 0.645. The maximum Gasteiger partial charge on any atom is 0.416 e. The SMILES string of the molecule is Cc1ccccc1NC(=O)c1cncc(Nc2cccc(C(F)(F)F)c2)c1. The number of nitrogens with zero attached hydrogens (tertiary/aromatic N) is 1. The van der Waals surface area contributed by atoms with Crippen LogP contribution in [0.5, 0.6) is 0 Å². The molecule has 1 amide bonds. The zero-order valence-electron chi connectivity index (χ0n) is 14.3. The summed E-state index contributed by atoms with van der Waals surface area (Å²) in [5, 5.41) is 5.64. The fourth-order valence-electron chi connectivity index (χ4n) is 2.48. The van der Waals surface area contributed by atoms with E-state index in [1.807, 2.05) is 25.1 Å². The fraction of sp³-hybridized carbons (Fsp3) is 0.100. The van der Waals surface area contributed by atoms with E-state index >= 15 is 0 Å². The van der Waals surface area contributed by atoms with Crippen LogP contribution < -0.4 is 10.6 Å². The van der Waals surface area contributed by atoms with Crippen molar-refractivity contribution in [2.45, 2.75) is 13.1 Å². The van der Waals surface area contributed by atoms with Gasteiger partial charge in [0.15, 0.2) is 0 Å². The molecule has 4 nitrogen and oxygen atoms in total. The summed E-state index contributed by atoms with van der Waals surface area (Å²) in [4.78, 5) is 16.4. The van der Waals surface area contributed by atoms with Crippen LogP contribution in [-0.4, -0.2) is 10.9 Å². The van der Waals surface area contributed by atoms with E-state index in [9.17, 15) is 18.0 Å². The molecular weight excluding hydrogens is 355 g/mol. The van der Waals surface area contributed by atoms with Gasteiger partial charge >= 0.3 is 6.18 Å². The molecule has 138 valence electrons. The number of hydrogen-bond donors (Lipinski definition) is 2. The lowest BCUT2D eigenvalue weighted by atomic mass is 10.1. The lowest BCUT2D eigenvalue weighted by Gasteiger charge is -2.12. The fourth-order valence-corrected chi connectivity index (χ4v) is 2.48. The van der Waals surface area contributed by atoms with Crippen LogP contribution in [0, 0.1) is 6.92 Å². The van der Waals surface area contributed by atoms with Gasteiger partial charge in [-0.15, -0.1) is 0 Å². The summed E-state index contributed by atoms with van der Waals surface area (Å²) < 4.78 is 38.5. The maximum absolute atomic E-state index is 12.8. The number of aryl methyl sites for hydroxylation is 1. The maximum atomic E-state index is 12.8. The average molecular weight is 371 g/mol. The minimum absolute atomic E-state index is 0.253. The lowest BCUT2D eigenvalue weighted by molar-refractivity contribution is -0.137. The van der Waals surface area contributed by atoms with E-state index in [0.717, 1.165) is 17.7 Å². The van der Waals surface area contributed by atoms with Crippen LogP contribution in [0.25, 0.3) is 0 Å². The van der Waals surface area contributed by atoms with E-state index < -0.39 is 11.7 Å². The van der Waals surface area contributed by atoms with E-state index in [4.69, 9.17) is 0 Å². The standard InChI is InChI=1S/C20H16F3N3O/c1-13-5-2-3-8-18(13)26-19(27)14-9-17(12-24-11-14)25-16-7-4-6-15(10-16)20(21,22)23/h2-12,25H,1H3,(H,26,27). The van der Waals surface area contributed by atoms with Gasteiger partial charge in [-0.25, -0.2) is 0 Å². The van der Waals surface area contributed by atoms with Crippen LogP contribution >= 0.6 is 0 Å². The molecule has 2 N–H and O–H groups in total. The van der Waals surface area contributed by atoms with Gasteiger partial charge in [0.25, 0.3) is 5.91 Å². The molecule has 0 atom stereocenters. The number of halogens is 3. The number of alkyl halides is 3. The van der Waals surface area contributed by atoms with Gasteiger partial charge in [-0.05, 0) is 42.8 Å². The third kappa shape index (κ3) is 4.63. The van der Waals surface area contributed by atoms with Crippen molar-refractivity contribution >= 4 is 23.0 Å². The minimum Gasteiger partial charge on any atom is -0.354 e. The third-order valence-corrected chi connectivity index (χ3v) is 3.87. The molecule has 0 saturated heterocycles. The summed E-state index contributed by atoms with van der Waals surface area (Å²) in [5.74, 6) is -0.357. The molecule has 2 aromatic carbocycles. The van der Waals surface area contributed by atoms with Crippen LogP contribution in [0.4, 0.5) is 30.2 Å². The molecule has 0 radical (unpaired) electrons. The van der Waals surface area contributed by atoms with Gasteiger partial charge < -0.3 is 10.6 Å². The van der Waals surface area contributed by atoms with Gasteiger partial charge in [0.2, 0.25) is 0 Å². The normalized spacial score (nSPS) is 11.1. The van der Waals surface area contributed by atoms with Gasteiger partial charge in [0.1, 0.15) is 0 Å². The number of amides is 1. The van der Waals surface area contributed by atoms with Crippen molar-refractivity contribution in [2.24, 2.45) is 0 Å². The van der Waals surface area contributed by atoms with E-state index in [-0.39, 0.29) is 17.2 Å². The van der Waals surface area contributed by atoms with Crippen molar-refractivity contribution in [3.63, 3.8) is 0 Å². The first-order chi connectivity index (χ1) is 12.8. The highest BCUT2D eigenvalue weighted by atomic mass is 19.4. The number of para-hydroxylation sites is 1. The Labute approximate surface area is 154 Å². The minimum atomic E-state index is -4.43. The number of pyridine rings is 1. The summed E-state index contributed by atoms with van der Waals surface area (Å²) in [6.07, 6.45) is -1.60. The molecule has 7 heteroatoms. The van der Waals surface area contributed by atoms with E-state index in [0.29, 0.717) is 11.4 Å². The third-order valence-electron chi connectivity index (χ3n) is 3.87. The van der Waals surface area contributed by atoms with Crippen molar-refractivity contribution in [1.29, 1.82) is 0 Å². The first kappa shape index (κ1) is 18.4. The first-order valence-electron chi connectivity index (χ1n) is 8.09. The number of carbonyl (C=O) groups is 1. The highest BCUT2D eigenvalue weighted by molar-refractivity contribution is 6.05. The van der Waals surface area contributed by atoms with Crippen molar-refractivity contribution in [3.05, 3.63) is 83.7 Å². The Morgan fingerprint density at radius 3 is 2.48 bits per heavy atom. The molecule has 0 bridgehead atoms. The Balaban J connectivity index is 1.78. The van der Waals surface area contributed by atoms with E-state index in [1.165, 1.54) is 30.6 Å². The zero-order chi connectivity index (χ0) is 19.4. The zero-order valence-corrected chi connectivity index (χ0v) is 14.3. The molecule has 1 heterocycles. The second-order valence-corrected chi connectivity index (χ2v) is 5.93. The van der Waals surface area contributed by atoms with Crippen LogP contribution in [0.15, 0.2) is 67.0 Å². The monoisotopic (exact) mass is 371 g/mol. The molecule has 0 fully saturated rings. The number of rotatable bonds is 4. The molecule has 0 aliphatic heterocycles. The molecule has 0 aliphatic rings. The summed E-state index contributed by atoms with van der Waals surface area (Å²) in [6, 6.07) is 13.7. The first-order valence-corrected chi connectivity index (χ1v) is 8.09. The van der Waals surface area contributed by atoms with Gasteiger partial charge in [-0.2, -0.15) is 13.2 Å². The molecule has 0 spiro atoms. The van der Waals surface area contributed by atoms with Crippen LogP contribution in [-0.2, 0) is 6.18 Å². The number of benzene rings is 2. The molecule has 3 aromatic rings. The van der Waals surface area contributed by atoms with Crippen LogP contribution in [0.1, 0.15) is 21.5 Å². The van der Waals surface area contributed by atoms with Gasteiger partial charge in [0.05, 0.1) is 23.0 Å².